The number of hydrogen-bond donors (Lipinski definition) is 1. The maximum Gasteiger partial charge on any atom is 0.193 e. The van der Waals surface area contributed by atoms with Crippen LogP contribution in [0.1, 0.15) is 5.82 Å². The molecule has 2 aromatic rings. The van der Waals surface area contributed by atoms with Gasteiger partial charge < -0.3 is 24.3 Å². The second-order valence-electron chi connectivity index (χ2n) is 6.17. The molecule has 1 unspecified atom stereocenters. The quantitative estimate of drug-likeness (QED) is 0.653. The molecule has 3 rings (SSSR count). The van der Waals surface area contributed by atoms with Gasteiger partial charge in [-0.2, -0.15) is 0 Å². The van der Waals surface area contributed by atoms with Gasteiger partial charge in [0.2, 0.25) is 0 Å². The van der Waals surface area contributed by atoms with E-state index < -0.39 is 0 Å². The summed E-state index contributed by atoms with van der Waals surface area (Å²) in [6, 6.07) is 8.24. The first-order chi connectivity index (χ1) is 12.2. The average molecular weight is 345 g/mol. The number of aryl methyl sites for hydroxylation is 1. The Morgan fingerprint density at radius 3 is 3.08 bits per heavy atom. The Balaban J connectivity index is 1.59. The van der Waals surface area contributed by atoms with Gasteiger partial charge in [0.15, 0.2) is 5.96 Å². The number of methoxy groups -OCH3 is 1. The Morgan fingerprint density at radius 2 is 2.28 bits per heavy atom. The molecule has 1 saturated heterocycles. The molecule has 0 aliphatic carbocycles. The van der Waals surface area contributed by atoms with Crippen molar-refractivity contribution in [3.05, 3.63) is 30.1 Å². The van der Waals surface area contributed by atoms with Crippen molar-refractivity contribution in [2.45, 2.75) is 19.6 Å². The van der Waals surface area contributed by atoms with Crippen LogP contribution in [-0.4, -0.2) is 73.5 Å². The Hall–Kier alpha value is -2.12. The molecule has 136 valence electrons. The molecule has 1 aliphatic rings. The number of rotatable bonds is 5. The van der Waals surface area contributed by atoms with Crippen LogP contribution in [0, 0.1) is 6.92 Å². The van der Waals surface area contributed by atoms with Crippen LogP contribution >= 0.6 is 0 Å². The first-order valence-electron chi connectivity index (χ1n) is 8.71. The smallest absolute Gasteiger partial charge is 0.193 e. The second kappa shape index (κ2) is 8.31. The highest BCUT2D eigenvalue weighted by atomic mass is 16.5. The molecule has 1 aliphatic heterocycles. The van der Waals surface area contributed by atoms with Gasteiger partial charge in [0.1, 0.15) is 5.82 Å². The maximum atomic E-state index is 5.71. The summed E-state index contributed by atoms with van der Waals surface area (Å²) in [5.74, 6) is 1.94. The molecule has 0 spiro atoms. The molecular formula is C18H27N5O2. The number of ether oxygens (including phenoxy) is 2. The molecule has 0 amide bonds. The van der Waals surface area contributed by atoms with Crippen LogP contribution in [0.2, 0.25) is 0 Å². The van der Waals surface area contributed by atoms with Gasteiger partial charge in [-0.05, 0) is 19.1 Å². The maximum absolute atomic E-state index is 5.71. The van der Waals surface area contributed by atoms with Gasteiger partial charge in [0, 0.05) is 40.3 Å². The summed E-state index contributed by atoms with van der Waals surface area (Å²) in [7, 11) is 3.52. The van der Waals surface area contributed by atoms with Crippen LogP contribution in [0.5, 0.6) is 0 Å². The highest BCUT2D eigenvalue weighted by Crippen LogP contribution is 2.14. The minimum Gasteiger partial charge on any atom is -0.382 e. The first kappa shape index (κ1) is 17.7. The summed E-state index contributed by atoms with van der Waals surface area (Å²) in [5, 5.41) is 3.46. The fourth-order valence-electron chi connectivity index (χ4n) is 3.29. The largest absolute Gasteiger partial charge is 0.382 e. The highest BCUT2D eigenvalue weighted by Gasteiger charge is 2.22. The van der Waals surface area contributed by atoms with Gasteiger partial charge in [-0.25, -0.2) is 4.98 Å². The average Bonchev–Trinajstić information content (AvgIpc) is 2.95. The normalized spacial score (nSPS) is 18.8. The number of hydrogen-bond acceptors (Lipinski definition) is 4. The van der Waals surface area contributed by atoms with E-state index in [0.717, 1.165) is 43.5 Å². The van der Waals surface area contributed by atoms with Crippen molar-refractivity contribution in [3.63, 3.8) is 0 Å². The van der Waals surface area contributed by atoms with Crippen LogP contribution in [-0.2, 0) is 16.0 Å². The third-order valence-electron chi connectivity index (χ3n) is 4.47. The minimum atomic E-state index is 0.0946. The lowest BCUT2D eigenvalue weighted by atomic mass is 10.3. The SMILES string of the molecule is CN=C(NCCn1c(C)nc2ccccc21)N1CCOC(COC)C1. The molecule has 0 saturated carbocycles. The van der Waals surface area contributed by atoms with Crippen LogP contribution in [0.3, 0.4) is 0 Å². The first-order valence-corrected chi connectivity index (χ1v) is 8.71. The number of imidazole rings is 1. The number of benzene rings is 1. The van der Waals surface area contributed by atoms with Gasteiger partial charge in [-0.3, -0.25) is 4.99 Å². The van der Waals surface area contributed by atoms with Crippen LogP contribution in [0.25, 0.3) is 11.0 Å². The number of aromatic nitrogens is 2. The molecule has 1 aromatic carbocycles. The van der Waals surface area contributed by atoms with Crippen molar-refractivity contribution < 1.29 is 9.47 Å². The Bertz CT molecular complexity index is 725. The molecular weight excluding hydrogens is 318 g/mol. The molecule has 1 atom stereocenters. The van der Waals surface area contributed by atoms with E-state index in [-0.39, 0.29) is 6.10 Å². The fourth-order valence-corrected chi connectivity index (χ4v) is 3.29. The second-order valence-corrected chi connectivity index (χ2v) is 6.17. The van der Waals surface area contributed by atoms with E-state index in [1.165, 1.54) is 5.52 Å². The van der Waals surface area contributed by atoms with E-state index in [4.69, 9.17) is 9.47 Å². The summed E-state index contributed by atoms with van der Waals surface area (Å²) < 4.78 is 13.2. The molecule has 25 heavy (non-hydrogen) atoms. The molecule has 7 nitrogen and oxygen atoms in total. The third kappa shape index (κ3) is 4.11. The van der Waals surface area contributed by atoms with Crippen molar-refractivity contribution in [3.8, 4) is 0 Å². The molecule has 7 heteroatoms. The van der Waals surface area contributed by atoms with E-state index >= 15 is 0 Å². The summed E-state index contributed by atoms with van der Waals surface area (Å²) in [6.07, 6.45) is 0.0946. The summed E-state index contributed by atoms with van der Waals surface area (Å²) in [6.45, 7) is 6.62. The molecule has 0 bridgehead atoms. The number of aliphatic imine (C=N–C) groups is 1. The van der Waals surface area contributed by atoms with Crippen LogP contribution in [0.15, 0.2) is 29.3 Å². The van der Waals surface area contributed by atoms with Crippen molar-refractivity contribution in [2.75, 3.05) is 47.0 Å². The predicted octanol–water partition coefficient (Wildman–Crippen LogP) is 1.27. The van der Waals surface area contributed by atoms with Crippen LogP contribution < -0.4 is 5.32 Å². The van der Waals surface area contributed by atoms with Gasteiger partial charge in [0.25, 0.3) is 0 Å². The molecule has 1 aromatic heterocycles. The zero-order valence-corrected chi connectivity index (χ0v) is 15.2. The zero-order valence-electron chi connectivity index (χ0n) is 15.2. The number of fused-ring (bicyclic) bond motifs is 1. The van der Waals surface area contributed by atoms with Crippen molar-refractivity contribution in [2.24, 2.45) is 4.99 Å². The monoisotopic (exact) mass is 345 g/mol. The van der Waals surface area contributed by atoms with Crippen LogP contribution in [0.4, 0.5) is 0 Å². The van der Waals surface area contributed by atoms with Crippen molar-refractivity contribution in [1.29, 1.82) is 0 Å². The Labute approximate surface area is 148 Å². The molecule has 2 heterocycles. The number of para-hydroxylation sites is 2. The lowest BCUT2D eigenvalue weighted by molar-refractivity contribution is -0.0447. The topological polar surface area (TPSA) is 63.9 Å². The van der Waals surface area contributed by atoms with E-state index in [1.807, 2.05) is 20.0 Å². The molecule has 0 radical (unpaired) electrons. The Morgan fingerprint density at radius 1 is 1.44 bits per heavy atom. The number of guanidine groups is 1. The lowest BCUT2D eigenvalue weighted by Crippen LogP contribution is -2.51. The van der Waals surface area contributed by atoms with Crippen molar-refractivity contribution in [1.82, 2.24) is 19.8 Å². The van der Waals surface area contributed by atoms with E-state index in [0.29, 0.717) is 13.2 Å². The zero-order chi connectivity index (χ0) is 17.6. The van der Waals surface area contributed by atoms with Gasteiger partial charge in [0.05, 0.1) is 30.4 Å². The van der Waals surface area contributed by atoms with Gasteiger partial charge >= 0.3 is 0 Å². The van der Waals surface area contributed by atoms with E-state index in [2.05, 4.69) is 43.0 Å². The number of nitrogens with zero attached hydrogens (tertiary/aromatic N) is 4. The highest BCUT2D eigenvalue weighted by molar-refractivity contribution is 5.80. The predicted molar refractivity (Wildman–Crippen MR) is 99.0 cm³/mol. The summed E-state index contributed by atoms with van der Waals surface area (Å²) in [5.41, 5.74) is 2.21. The van der Waals surface area contributed by atoms with E-state index in [9.17, 15) is 0 Å². The fraction of sp³-hybridized carbons (Fsp3) is 0.556. The number of morpholine rings is 1. The third-order valence-corrected chi connectivity index (χ3v) is 4.47. The molecule has 1 fully saturated rings. The summed E-state index contributed by atoms with van der Waals surface area (Å²) >= 11 is 0. The van der Waals surface area contributed by atoms with Gasteiger partial charge in [-0.15, -0.1) is 0 Å². The standard InChI is InChI=1S/C18H27N5O2/c1-14-21-16-6-4-5-7-17(16)23(14)9-8-20-18(19-2)22-10-11-25-15(12-22)13-24-3/h4-7,15H,8-13H2,1-3H3,(H,19,20). The van der Waals surface area contributed by atoms with Gasteiger partial charge in [-0.1, -0.05) is 12.1 Å². The van der Waals surface area contributed by atoms with Crippen molar-refractivity contribution >= 4 is 17.0 Å². The van der Waals surface area contributed by atoms with E-state index in [1.54, 1.807) is 7.11 Å². The minimum absolute atomic E-state index is 0.0946. The number of nitrogens with one attached hydrogen (secondary N) is 1. The lowest BCUT2D eigenvalue weighted by Gasteiger charge is -2.34. The Kier molecular flexibility index (Phi) is 5.88. The molecule has 1 N–H and O–H groups in total. The summed E-state index contributed by atoms with van der Waals surface area (Å²) in [4.78, 5) is 11.3.